The number of carboxylic acid groups (broad SMARTS) is 1. The summed E-state index contributed by atoms with van der Waals surface area (Å²) in [6.45, 7) is 6.00. The Kier molecular flexibility index (Phi) is 6.94. The molecule has 0 aliphatic carbocycles. The summed E-state index contributed by atoms with van der Waals surface area (Å²) < 4.78 is 0. The summed E-state index contributed by atoms with van der Waals surface area (Å²) in [6, 6.07) is 14.5. The number of benzene rings is 2. The van der Waals surface area contributed by atoms with E-state index in [0.717, 1.165) is 16.8 Å². The number of rotatable bonds is 7. The molecule has 0 saturated heterocycles. The van der Waals surface area contributed by atoms with Crippen molar-refractivity contribution in [1.82, 2.24) is 0 Å². The predicted molar refractivity (Wildman–Crippen MR) is 109 cm³/mol. The van der Waals surface area contributed by atoms with Crippen LogP contribution in [0.15, 0.2) is 54.2 Å². The van der Waals surface area contributed by atoms with Crippen LogP contribution in [0.2, 0.25) is 0 Å². The normalized spacial score (nSPS) is 11.0. The van der Waals surface area contributed by atoms with Gasteiger partial charge < -0.3 is 15.7 Å². The molecule has 0 unspecified atom stereocenters. The molecule has 0 bridgehead atoms. The first-order valence-electron chi connectivity index (χ1n) is 8.90. The molecule has 144 valence electrons. The zero-order valence-corrected chi connectivity index (χ0v) is 16.1. The monoisotopic (exact) mass is 377 g/mol. The van der Waals surface area contributed by atoms with E-state index in [-0.39, 0.29) is 17.9 Å². The van der Waals surface area contributed by atoms with Gasteiger partial charge in [0.1, 0.15) is 11.6 Å². The van der Waals surface area contributed by atoms with Crippen LogP contribution in [-0.4, -0.2) is 17.0 Å². The van der Waals surface area contributed by atoms with E-state index in [0.29, 0.717) is 11.3 Å². The van der Waals surface area contributed by atoms with Crippen molar-refractivity contribution in [3.05, 3.63) is 70.9 Å². The maximum Gasteiger partial charge on any atom is 0.307 e. The number of nitrogens with zero attached hydrogens (tertiary/aromatic N) is 1. The summed E-state index contributed by atoms with van der Waals surface area (Å²) in [6.07, 6.45) is 1.28. The molecule has 0 aliphatic rings. The van der Waals surface area contributed by atoms with Crippen molar-refractivity contribution in [3.63, 3.8) is 0 Å². The smallest absolute Gasteiger partial charge is 0.307 e. The molecule has 3 N–H and O–H groups in total. The van der Waals surface area contributed by atoms with Gasteiger partial charge in [-0.25, -0.2) is 0 Å². The number of nitriles is 1. The van der Waals surface area contributed by atoms with E-state index >= 15 is 0 Å². The summed E-state index contributed by atoms with van der Waals surface area (Å²) in [5.74, 6) is -1.16. The Hall–Kier alpha value is -3.59. The van der Waals surface area contributed by atoms with E-state index in [2.05, 4.69) is 10.6 Å². The minimum Gasteiger partial charge on any atom is -0.481 e. The molecule has 1 amide bonds. The summed E-state index contributed by atoms with van der Waals surface area (Å²) in [5.41, 5.74) is 3.91. The number of carbonyl (C=O) groups excluding carboxylic acids is 1. The van der Waals surface area contributed by atoms with Gasteiger partial charge >= 0.3 is 5.97 Å². The summed E-state index contributed by atoms with van der Waals surface area (Å²) >= 11 is 0. The molecule has 0 heterocycles. The van der Waals surface area contributed by atoms with Crippen molar-refractivity contribution in [2.24, 2.45) is 0 Å². The van der Waals surface area contributed by atoms with Crippen LogP contribution in [0.1, 0.15) is 36.5 Å². The number of hydrogen-bond donors (Lipinski definition) is 3. The lowest BCUT2D eigenvalue weighted by molar-refractivity contribution is -0.136. The Morgan fingerprint density at radius 3 is 2.43 bits per heavy atom. The average Bonchev–Trinajstić information content (AvgIpc) is 2.64. The van der Waals surface area contributed by atoms with Crippen molar-refractivity contribution in [2.45, 2.75) is 33.1 Å². The van der Waals surface area contributed by atoms with Gasteiger partial charge in [-0.15, -0.1) is 0 Å². The minimum absolute atomic E-state index is 0.0589. The minimum atomic E-state index is -0.902. The largest absolute Gasteiger partial charge is 0.481 e. The first-order chi connectivity index (χ1) is 13.3. The van der Waals surface area contributed by atoms with E-state index < -0.39 is 11.9 Å². The molecule has 2 aromatic rings. The second-order valence-corrected chi connectivity index (χ2v) is 6.73. The molecule has 6 nitrogen and oxygen atoms in total. The molecule has 0 aromatic heterocycles. The molecule has 0 saturated carbocycles. The lowest BCUT2D eigenvalue weighted by Gasteiger charge is -2.16. The number of carbonyl (C=O) groups is 2. The maximum absolute atomic E-state index is 12.6. The van der Waals surface area contributed by atoms with Crippen LogP contribution in [0, 0.1) is 18.3 Å². The molecular weight excluding hydrogens is 354 g/mol. The van der Waals surface area contributed by atoms with Crippen LogP contribution in [0.4, 0.5) is 11.4 Å². The zero-order valence-electron chi connectivity index (χ0n) is 16.1. The van der Waals surface area contributed by atoms with Crippen molar-refractivity contribution in [3.8, 4) is 6.07 Å². The van der Waals surface area contributed by atoms with Gasteiger partial charge in [-0.2, -0.15) is 5.26 Å². The zero-order chi connectivity index (χ0) is 20.7. The number of para-hydroxylation sites is 1. The SMILES string of the molecule is Cc1cccc(C(C)C)c1NC(=O)/C(C#N)=C\Nc1ccc(CC(=O)O)cc1. The van der Waals surface area contributed by atoms with Crippen molar-refractivity contribution in [1.29, 1.82) is 5.26 Å². The summed E-state index contributed by atoms with van der Waals surface area (Å²) in [7, 11) is 0. The van der Waals surface area contributed by atoms with E-state index in [9.17, 15) is 14.9 Å². The summed E-state index contributed by atoms with van der Waals surface area (Å²) in [4.78, 5) is 23.3. The average molecular weight is 377 g/mol. The Labute approximate surface area is 164 Å². The lowest BCUT2D eigenvalue weighted by atomic mass is 9.98. The fraction of sp³-hybridized carbons (Fsp3) is 0.227. The topological polar surface area (TPSA) is 102 Å². The highest BCUT2D eigenvalue weighted by Gasteiger charge is 2.15. The first-order valence-corrected chi connectivity index (χ1v) is 8.90. The third-order valence-corrected chi connectivity index (χ3v) is 4.22. The van der Waals surface area contributed by atoms with Crippen LogP contribution in [-0.2, 0) is 16.0 Å². The van der Waals surface area contributed by atoms with E-state index in [1.54, 1.807) is 24.3 Å². The highest BCUT2D eigenvalue weighted by Crippen LogP contribution is 2.27. The first kappa shape index (κ1) is 20.7. The standard InChI is InChI=1S/C22H23N3O3/c1-14(2)19-6-4-5-15(3)21(19)25-22(28)17(12-23)13-24-18-9-7-16(8-10-18)11-20(26)27/h4-10,13-14,24H,11H2,1-3H3,(H,25,28)(H,26,27)/b17-13-. The van der Waals surface area contributed by atoms with Gasteiger partial charge in [0.2, 0.25) is 0 Å². The molecule has 0 atom stereocenters. The molecule has 0 radical (unpaired) electrons. The third kappa shape index (κ3) is 5.45. The molecule has 2 aromatic carbocycles. The lowest BCUT2D eigenvalue weighted by Crippen LogP contribution is -2.17. The van der Waals surface area contributed by atoms with Crippen LogP contribution in [0.5, 0.6) is 0 Å². The van der Waals surface area contributed by atoms with Crippen molar-refractivity contribution < 1.29 is 14.7 Å². The number of aryl methyl sites for hydroxylation is 1. The molecule has 6 heteroatoms. The second-order valence-electron chi connectivity index (χ2n) is 6.73. The van der Waals surface area contributed by atoms with E-state index in [1.165, 1.54) is 6.20 Å². The highest BCUT2D eigenvalue weighted by molar-refractivity contribution is 6.07. The molecule has 0 spiro atoms. The number of aliphatic carboxylic acids is 1. The number of amides is 1. The Balaban J connectivity index is 2.14. The molecule has 28 heavy (non-hydrogen) atoms. The third-order valence-electron chi connectivity index (χ3n) is 4.22. The van der Waals surface area contributed by atoms with Crippen LogP contribution < -0.4 is 10.6 Å². The van der Waals surface area contributed by atoms with Gasteiger partial charge in [0.15, 0.2) is 0 Å². The van der Waals surface area contributed by atoms with Crippen LogP contribution in [0.25, 0.3) is 0 Å². The van der Waals surface area contributed by atoms with Gasteiger partial charge in [0, 0.05) is 17.6 Å². The Bertz CT molecular complexity index is 938. The second kappa shape index (κ2) is 9.38. The van der Waals surface area contributed by atoms with E-state index in [4.69, 9.17) is 5.11 Å². The van der Waals surface area contributed by atoms with Crippen molar-refractivity contribution >= 4 is 23.3 Å². The highest BCUT2D eigenvalue weighted by atomic mass is 16.4. The van der Waals surface area contributed by atoms with Gasteiger partial charge in [0.25, 0.3) is 5.91 Å². The molecule has 2 rings (SSSR count). The quantitative estimate of drug-likeness (QED) is 0.496. The fourth-order valence-electron chi connectivity index (χ4n) is 2.72. The fourth-order valence-corrected chi connectivity index (χ4v) is 2.72. The Morgan fingerprint density at radius 2 is 1.86 bits per heavy atom. The number of anilines is 2. The number of hydrogen-bond acceptors (Lipinski definition) is 4. The van der Waals surface area contributed by atoms with Gasteiger partial charge in [-0.3, -0.25) is 9.59 Å². The number of carboxylic acids is 1. The van der Waals surface area contributed by atoms with Gasteiger partial charge in [0.05, 0.1) is 6.42 Å². The van der Waals surface area contributed by atoms with Gasteiger partial charge in [-0.05, 0) is 41.7 Å². The molecule has 0 fully saturated rings. The van der Waals surface area contributed by atoms with Crippen molar-refractivity contribution in [2.75, 3.05) is 10.6 Å². The van der Waals surface area contributed by atoms with E-state index in [1.807, 2.05) is 45.0 Å². The maximum atomic E-state index is 12.6. The summed E-state index contributed by atoms with van der Waals surface area (Å²) in [5, 5.41) is 23.9. The molecule has 0 aliphatic heterocycles. The van der Waals surface area contributed by atoms with Gasteiger partial charge in [-0.1, -0.05) is 44.2 Å². The van der Waals surface area contributed by atoms with Crippen LogP contribution in [0.3, 0.4) is 0 Å². The predicted octanol–water partition coefficient (Wildman–Crippen LogP) is 4.20. The van der Waals surface area contributed by atoms with Crippen LogP contribution >= 0.6 is 0 Å². The molecular formula is C22H23N3O3. The Morgan fingerprint density at radius 1 is 1.18 bits per heavy atom. The number of nitrogens with one attached hydrogen (secondary N) is 2.